The summed E-state index contributed by atoms with van der Waals surface area (Å²) in [6.45, 7) is 4.89. The Balaban J connectivity index is 2.24. The van der Waals surface area contributed by atoms with E-state index in [0.717, 1.165) is 27.8 Å². The Bertz CT molecular complexity index is 753. The maximum atomic E-state index is 5.82. The van der Waals surface area contributed by atoms with E-state index in [4.69, 9.17) is 4.84 Å². The lowest BCUT2D eigenvalue weighted by Gasteiger charge is -2.11. The fourth-order valence-corrected chi connectivity index (χ4v) is 2.47. The van der Waals surface area contributed by atoms with E-state index >= 15 is 0 Å². The van der Waals surface area contributed by atoms with E-state index in [1.807, 2.05) is 24.3 Å². The first-order chi connectivity index (χ1) is 9.70. The second-order valence-corrected chi connectivity index (χ2v) is 5.57. The Morgan fingerprint density at radius 1 is 1.35 bits per heavy atom. The fraction of sp³-hybridized carbons (Fsp3) is 0.286. The summed E-state index contributed by atoms with van der Waals surface area (Å²) in [5.74, 6) is 1.22. The van der Waals surface area contributed by atoms with Gasteiger partial charge in [0.1, 0.15) is 24.0 Å². The van der Waals surface area contributed by atoms with Crippen LogP contribution in [-0.4, -0.2) is 21.3 Å². The zero-order valence-corrected chi connectivity index (χ0v) is 13.5. The molecule has 2 aromatic heterocycles. The van der Waals surface area contributed by atoms with Gasteiger partial charge in [-0.25, -0.2) is 9.97 Å². The van der Waals surface area contributed by atoms with E-state index in [2.05, 4.69) is 50.2 Å². The molecule has 20 heavy (non-hydrogen) atoms. The highest BCUT2D eigenvalue weighted by atomic mass is 127. The SMILES string of the molecule is CC(C)COn1cnc2c(NI)nc3ccccc3c21. The van der Waals surface area contributed by atoms with Crippen molar-refractivity contribution in [3.63, 3.8) is 0 Å². The molecule has 0 unspecified atom stereocenters. The number of nitrogens with one attached hydrogen (secondary N) is 1. The number of aromatic nitrogens is 3. The largest absolute Gasteiger partial charge is 0.412 e. The van der Waals surface area contributed by atoms with Crippen molar-refractivity contribution in [3.05, 3.63) is 30.6 Å². The molecule has 0 radical (unpaired) electrons. The zero-order valence-electron chi connectivity index (χ0n) is 11.3. The Morgan fingerprint density at radius 2 is 2.15 bits per heavy atom. The summed E-state index contributed by atoms with van der Waals surface area (Å²) in [6, 6.07) is 8.01. The highest BCUT2D eigenvalue weighted by molar-refractivity contribution is 14.1. The van der Waals surface area contributed by atoms with Crippen LogP contribution in [0.2, 0.25) is 0 Å². The number of anilines is 1. The van der Waals surface area contributed by atoms with Gasteiger partial charge in [0.2, 0.25) is 0 Å². The molecule has 6 heteroatoms. The zero-order chi connectivity index (χ0) is 14.1. The van der Waals surface area contributed by atoms with Crippen molar-refractivity contribution in [2.24, 2.45) is 5.92 Å². The lowest BCUT2D eigenvalue weighted by Crippen LogP contribution is -2.15. The first kappa shape index (κ1) is 13.4. The summed E-state index contributed by atoms with van der Waals surface area (Å²) < 4.78 is 4.81. The third-order valence-corrected chi connectivity index (χ3v) is 3.50. The molecule has 3 aromatic rings. The summed E-state index contributed by atoms with van der Waals surface area (Å²) >= 11 is 2.07. The van der Waals surface area contributed by atoms with Gasteiger partial charge >= 0.3 is 0 Å². The molecule has 1 aromatic carbocycles. The summed E-state index contributed by atoms with van der Waals surface area (Å²) in [4.78, 5) is 14.8. The van der Waals surface area contributed by atoms with Crippen molar-refractivity contribution in [1.82, 2.24) is 14.7 Å². The molecule has 0 saturated heterocycles. The molecule has 0 atom stereocenters. The van der Waals surface area contributed by atoms with Gasteiger partial charge in [-0.05, 0) is 12.0 Å². The number of fused-ring (bicyclic) bond motifs is 3. The van der Waals surface area contributed by atoms with E-state index < -0.39 is 0 Å². The summed E-state index contributed by atoms with van der Waals surface area (Å²) in [7, 11) is 0. The minimum atomic E-state index is 0.461. The van der Waals surface area contributed by atoms with Crippen molar-refractivity contribution in [3.8, 4) is 0 Å². The van der Waals surface area contributed by atoms with Crippen LogP contribution in [-0.2, 0) is 0 Å². The molecule has 0 fully saturated rings. The lowest BCUT2D eigenvalue weighted by molar-refractivity contribution is 0.0972. The molecule has 1 N–H and O–H groups in total. The lowest BCUT2D eigenvalue weighted by atomic mass is 10.2. The average Bonchev–Trinajstić information content (AvgIpc) is 2.88. The Hall–Kier alpha value is -1.57. The van der Waals surface area contributed by atoms with E-state index in [9.17, 15) is 0 Å². The molecule has 3 rings (SSSR count). The number of para-hydroxylation sites is 1. The van der Waals surface area contributed by atoms with Crippen LogP contribution in [0.4, 0.5) is 5.82 Å². The number of imidazole rings is 1. The van der Waals surface area contributed by atoms with Gasteiger partial charge in [-0.2, -0.15) is 4.73 Å². The number of pyridine rings is 1. The second-order valence-electron chi connectivity index (χ2n) is 5.03. The van der Waals surface area contributed by atoms with Crippen LogP contribution < -0.4 is 8.37 Å². The van der Waals surface area contributed by atoms with Gasteiger partial charge in [0, 0.05) is 5.39 Å². The molecule has 0 aliphatic rings. The standard InChI is InChI=1S/C14H15IN4O/c1-9(2)7-20-19-8-16-12-13(19)10-5-3-4-6-11(10)17-14(12)18-15/h3-6,8-9H,7H2,1-2H3,(H,17,18). The van der Waals surface area contributed by atoms with Gasteiger partial charge in [-0.3, -0.25) is 0 Å². The number of hydrogen-bond acceptors (Lipinski definition) is 4. The van der Waals surface area contributed by atoms with Gasteiger partial charge in [0.15, 0.2) is 5.82 Å². The smallest absolute Gasteiger partial charge is 0.163 e. The monoisotopic (exact) mass is 382 g/mol. The molecule has 0 bridgehead atoms. The van der Waals surface area contributed by atoms with Crippen LogP contribution in [0.5, 0.6) is 0 Å². The maximum absolute atomic E-state index is 5.82. The second kappa shape index (κ2) is 5.43. The highest BCUT2D eigenvalue weighted by Crippen LogP contribution is 2.28. The predicted octanol–water partition coefficient (Wildman–Crippen LogP) is 3.43. The molecule has 0 spiro atoms. The minimum Gasteiger partial charge on any atom is -0.412 e. The predicted molar refractivity (Wildman–Crippen MR) is 89.0 cm³/mol. The van der Waals surface area contributed by atoms with Crippen molar-refractivity contribution in [2.45, 2.75) is 13.8 Å². The normalized spacial score (nSPS) is 11.4. The van der Waals surface area contributed by atoms with Crippen molar-refractivity contribution < 1.29 is 4.84 Å². The van der Waals surface area contributed by atoms with Crippen molar-refractivity contribution in [2.75, 3.05) is 10.1 Å². The van der Waals surface area contributed by atoms with E-state index in [-0.39, 0.29) is 0 Å². The van der Waals surface area contributed by atoms with Crippen LogP contribution in [0.15, 0.2) is 30.6 Å². The van der Waals surface area contributed by atoms with Gasteiger partial charge in [0.25, 0.3) is 0 Å². The van der Waals surface area contributed by atoms with Gasteiger partial charge < -0.3 is 8.37 Å². The molecule has 0 amide bonds. The third kappa shape index (κ3) is 2.28. The maximum Gasteiger partial charge on any atom is 0.163 e. The van der Waals surface area contributed by atoms with Gasteiger partial charge in [0.05, 0.1) is 28.4 Å². The van der Waals surface area contributed by atoms with Crippen molar-refractivity contribution in [1.29, 1.82) is 0 Å². The summed E-state index contributed by atoms with van der Waals surface area (Å²) in [5, 5.41) is 1.04. The topological polar surface area (TPSA) is 52.0 Å². The fourth-order valence-electron chi connectivity index (χ4n) is 2.09. The quantitative estimate of drug-likeness (QED) is 0.555. The Labute approximate surface area is 130 Å². The summed E-state index contributed by atoms with van der Waals surface area (Å²) in [5.41, 5.74) is 2.70. The molecular weight excluding hydrogens is 367 g/mol. The highest BCUT2D eigenvalue weighted by Gasteiger charge is 2.14. The Kier molecular flexibility index (Phi) is 3.64. The Morgan fingerprint density at radius 3 is 2.90 bits per heavy atom. The first-order valence-electron chi connectivity index (χ1n) is 6.46. The van der Waals surface area contributed by atoms with Crippen LogP contribution >= 0.6 is 22.9 Å². The third-order valence-electron chi connectivity index (χ3n) is 2.99. The molecule has 0 aliphatic carbocycles. The van der Waals surface area contributed by atoms with Crippen molar-refractivity contribution >= 4 is 50.6 Å². The van der Waals surface area contributed by atoms with Gasteiger partial charge in [-0.1, -0.05) is 32.0 Å². The number of rotatable bonds is 4. The molecular formula is C14H15IN4O. The van der Waals surface area contributed by atoms with E-state index in [1.54, 1.807) is 11.1 Å². The van der Waals surface area contributed by atoms with Gasteiger partial charge in [-0.15, -0.1) is 0 Å². The first-order valence-corrected chi connectivity index (χ1v) is 7.54. The molecule has 0 saturated carbocycles. The molecule has 5 nitrogen and oxygen atoms in total. The number of halogens is 1. The number of benzene rings is 1. The van der Waals surface area contributed by atoms with Crippen LogP contribution in [0, 0.1) is 5.92 Å². The van der Waals surface area contributed by atoms with E-state index in [1.165, 1.54) is 0 Å². The molecule has 104 valence electrons. The number of nitrogens with zero attached hydrogens (tertiary/aromatic N) is 3. The number of hydrogen-bond donors (Lipinski definition) is 1. The minimum absolute atomic E-state index is 0.461. The van der Waals surface area contributed by atoms with Crippen LogP contribution in [0.1, 0.15) is 13.8 Å². The van der Waals surface area contributed by atoms with E-state index in [0.29, 0.717) is 12.5 Å². The van der Waals surface area contributed by atoms with Crippen LogP contribution in [0.25, 0.3) is 21.9 Å². The van der Waals surface area contributed by atoms with Crippen LogP contribution in [0.3, 0.4) is 0 Å². The molecule has 0 aliphatic heterocycles. The average molecular weight is 382 g/mol. The molecule has 2 heterocycles. The summed E-state index contributed by atoms with van der Waals surface area (Å²) in [6.07, 6.45) is 1.71.